The first kappa shape index (κ1) is 17.0. The molecule has 2 nitrogen and oxygen atoms in total. The van der Waals surface area contributed by atoms with Gasteiger partial charge in [-0.05, 0) is 43.5 Å². The van der Waals surface area contributed by atoms with Crippen molar-refractivity contribution in [1.29, 1.82) is 0 Å². The molecule has 0 unspecified atom stereocenters. The first-order chi connectivity index (χ1) is 11.2. The van der Waals surface area contributed by atoms with E-state index in [1.54, 1.807) is 0 Å². The fourth-order valence-corrected chi connectivity index (χ4v) is 3.06. The Morgan fingerprint density at radius 3 is 2.42 bits per heavy atom. The van der Waals surface area contributed by atoms with Crippen molar-refractivity contribution in [3.05, 3.63) is 41.1 Å². The van der Waals surface area contributed by atoms with Gasteiger partial charge in [-0.3, -0.25) is 0 Å². The maximum atomic E-state index is 13.1. The molecule has 130 valence electrons. The van der Waals surface area contributed by atoms with Gasteiger partial charge in [0, 0.05) is 11.4 Å². The molecule has 2 aromatic rings. The number of benzene rings is 1. The molecule has 24 heavy (non-hydrogen) atoms. The van der Waals surface area contributed by atoms with Crippen LogP contribution in [0, 0.1) is 0 Å². The van der Waals surface area contributed by atoms with Gasteiger partial charge in [0.1, 0.15) is 5.69 Å². The van der Waals surface area contributed by atoms with Crippen LogP contribution in [0.25, 0.3) is 10.9 Å². The Hall–Kier alpha value is -1.83. The molecule has 8 heteroatoms. The fraction of sp³-hybridized carbons (Fsp3) is 0.438. The van der Waals surface area contributed by atoms with Crippen molar-refractivity contribution in [3.8, 4) is 0 Å². The molecule has 1 saturated heterocycles. The minimum Gasteiger partial charge on any atom is -0.314 e. The fourth-order valence-electron chi connectivity index (χ4n) is 3.06. The summed E-state index contributed by atoms with van der Waals surface area (Å²) in [6.07, 6.45) is -7.65. The summed E-state index contributed by atoms with van der Waals surface area (Å²) in [7, 11) is 0. The first-order valence-electron chi connectivity index (χ1n) is 7.46. The summed E-state index contributed by atoms with van der Waals surface area (Å²) < 4.78 is 78.7. The maximum Gasteiger partial charge on any atom is 0.433 e. The number of nitrogens with one attached hydrogen (secondary N) is 1. The lowest BCUT2D eigenvalue weighted by molar-refractivity contribution is -0.142. The molecule has 0 saturated carbocycles. The lowest BCUT2D eigenvalue weighted by Gasteiger charge is -2.17. The molecule has 1 aromatic heterocycles. The van der Waals surface area contributed by atoms with Crippen molar-refractivity contribution >= 4 is 10.9 Å². The Morgan fingerprint density at radius 2 is 1.83 bits per heavy atom. The SMILES string of the molecule is FC(F)(F)c1cc(C[C@H]2CCCN2)c2cccc(C(F)(F)F)c2n1. The molecule has 1 aliphatic rings. The monoisotopic (exact) mass is 348 g/mol. The van der Waals surface area contributed by atoms with Crippen LogP contribution in [0.1, 0.15) is 29.7 Å². The molecule has 1 N–H and O–H groups in total. The van der Waals surface area contributed by atoms with Crippen LogP contribution in [0.5, 0.6) is 0 Å². The van der Waals surface area contributed by atoms with Gasteiger partial charge in [-0.25, -0.2) is 4.98 Å². The number of nitrogens with zero attached hydrogens (tertiary/aromatic N) is 1. The van der Waals surface area contributed by atoms with Crippen LogP contribution >= 0.6 is 0 Å². The Balaban J connectivity index is 2.21. The zero-order chi connectivity index (χ0) is 17.5. The van der Waals surface area contributed by atoms with Crippen molar-refractivity contribution in [3.63, 3.8) is 0 Å². The van der Waals surface area contributed by atoms with E-state index in [2.05, 4.69) is 10.3 Å². The molecule has 1 fully saturated rings. The molecule has 0 radical (unpaired) electrons. The highest BCUT2D eigenvalue weighted by Crippen LogP contribution is 2.38. The quantitative estimate of drug-likeness (QED) is 0.805. The van der Waals surface area contributed by atoms with E-state index >= 15 is 0 Å². The molecule has 1 aromatic carbocycles. The van der Waals surface area contributed by atoms with E-state index in [1.807, 2.05) is 0 Å². The first-order valence-corrected chi connectivity index (χ1v) is 7.46. The molecular formula is C16H14F6N2. The predicted octanol–water partition coefficient (Wildman–Crippen LogP) is 4.57. The second-order valence-corrected chi connectivity index (χ2v) is 5.86. The van der Waals surface area contributed by atoms with Gasteiger partial charge in [0.05, 0.1) is 11.1 Å². The Bertz CT molecular complexity index is 745. The Kier molecular flexibility index (Phi) is 4.19. The summed E-state index contributed by atoms with van der Waals surface area (Å²) in [4.78, 5) is 3.28. The summed E-state index contributed by atoms with van der Waals surface area (Å²) in [5, 5.41) is 3.27. The maximum absolute atomic E-state index is 13.1. The average Bonchev–Trinajstić information content (AvgIpc) is 2.97. The van der Waals surface area contributed by atoms with E-state index in [-0.39, 0.29) is 23.4 Å². The lowest BCUT2D eigenvalue weighted by Crippen LogP contribution is -2.24. The van der Waals surface area contributed by atoms with Gasteiger partial charge in [-0.15, -0.1) is 0 Å². The van der Waals surface area contributed by atoms with E-state index in [9.17, 15) is 26.3 Å². The van der Waals surface area contributed by atoms with Crippen LogP contribution in [-0.2, 0) is 18.8 Å². The molecular weight excluding hydrogens is 334 g/mol. The summed E-state index contributed by atoms with van der Waals surface area (Å²) in [6.45, 7) is 0.758. The number of alkyl halides is 6. The zero-order valence-corrected chi connectivity index (χ0v) is 12.4. The molecule has 1 aliphatic heterocycles. The molecule has 0 bridgehead atoms. The zero-order valence-electron chi connectivity index (χ0n) is 12.4. The van der Waals surface area contributed by atoms with Gasteiger partial charge in [-0.1, -0.05) is 12.1 Å². The topological polar surface area (TPSA) is 24.9 Å². The van der Waals surface area contributed by atoms with Crippen molar-refractivity contribution in [2.24, 2.45) is 0 Å². The van der Waals surface area contributed by atoms with Gasteiger partial charge >= 0.3 is 12.4 Å². The second-order valence-electron chi connectivity index (χ2n) is 5.86. The molecule has 0 spiro atoms. The van der Waals surface area contributed by atoms with Crippen LogP contribution in [-0.4, -0.2) is 17.6 Å². The minimum atomic E-state index is -4.80. The number of hydrogen-bond acceptors (Lipinski definition) is 2. The van der Waals surface area contributed by atoms with E-state index < -0.39 is 29.1 Å². The lowest BCUT2D eigenvalue weighted by atomic mass is 9.97. The van der Waals surface area contributed by atoms with Crippen molar-refractivity contribution in [1.82, 2.24) is 10.3 Å². The summed E-state index contributed by atoms with van der Waals surface area (Å²) in [5.41, 5.74) is -2.85. The molecule has 2 heterocycles. The van der Waals surface area contributed by atoms with Gasteiger partial charge < -0.3 is 5.32 Å². The van der Waals surface area contributed by atoms with Gasteiger partial charge in [0.2, 0.25) is 0 Å². The van der Waals surface area contributed by atoms with Crippen LogP contribution in [0.3, 0.4) is 0 Å². The standard InChI is InChI=1S/C16H14F6N2/c17-15(18,19)12-5-1-4-11-9(7-10-3-2-6-23-10)8-13(16(20,21)22)24-14(11)12/h1,4-5,8,10,23H,2-3,6-7H2/t10-/m1/s1. The third-order valence-electron chi connectivity index (χ3n) is 4.15. The van der Waals surface area contributed by atoms with Crippen molar-refractivity contribution in [2.45, 2.75) is 37.7 Å². The third-order valence-corrected chi connectivity index (χ3v) is 4.15. The highest BCUT2D eigenvalue weighted by atomic mass is 19.4. The molecule has 0 aliphatic carbocycles. The Morgan fingerprint density at radius 1 is 1.08 bits per heavy atom. The van der Waals surface area contributed by atoms with E-state index in [4.69, 9.17) is 0 Å². The van der Waals surface area contributed by atoms with Gasteiger partial charge in [0.15, 0.2) is 0 Å². The molecule has 1 atom stereocenters. The molecule has 3 rings (SSSR count). The summed E-state index contributed by atoms with van der Waals surface area (Å²) >= 11 is 0. The number of hydrogen-bond donors (Lipinski definition) is 1. The van der Waals surface area contributed by atoms with Crippen LogP contribution in [0.15, 0.2) is 24.3 Å². The number of rotatable bonds is 2. The average molecular weight is 348 g/mol. The van der Waals surface area contributed by atoms with Crippen LogP contribution in [0.2, 0.25) is 0 Å². The highest BCUT2D eigenvalue weighted by Gasteiger charge is 2.37. The number of halogens is 6. The molecule has 0 amide bonds. The highest BCUT2D eigenvalue weighted by molar-refractivity contribution is 5.86. The minimum absolute atomic E-state index is 0.0359. The number of para-hydroxylation sites is 1. The third kappa shape index (κ3) is 3.33. The van der Waals surface area contributed by atoms with E-state index in [0.29, 0.717) is 0 Å². The van der Waals surface area contributed by atoms with E-state index in [0.717, 1.165) is 31.5 Å². The second kappa shape index (κ2) is 5.91. The Labute approximate surface area is 133 Å². The smallest absolute Gasteiger partial charge is 0.314 e. The summed E-state index contributed by atoms with van der Waals surface area (Å²) in [5.74, 6) is 0. The van der Waals surface area contributed by atoms with E-state index in [1.165, 1.54) is 12.1 Å². The van der Waals surface area contributed by atoms with Crippen molar-refractivity contribution in [2.75, 3.05) is 6.54 Å². The largest absolute Gasteiger partial charge is 0.433 e. The van der Waals surface area contributed by atoms with Crippen LogP contribution in [0.4, 0.5) is 26.3 Å². The van der Waals surface area contributed by atoms with Gasteiger partial charge in [-0.2, -0.15) is 26.3 Å². The number of aromatic nitrogens is 1. The van der Waals surface area contributed by atoms with Gasteiger partial charge in [0.25, 0.3) is 0 Å². The normalized spacial score (nSPS) is 19.2. The predicted molar refractivity (Wildman–Crippen MR) is 76.5 cm³/mol. The summed E-state index contributed by atoms with van der Waals surface area (Å²) in [6, 6.07) is 4.18. The van der Waals surface area contributed by atoms with Crippen molar-refractivity contribution < 1.29 is 26.3 Å². The van der Waals surface area contributed by atoms with Crippen LogP contribution < -0.4 is 5.32 Å². The number of pyridine rings is 1. The number of fused-ring (bicyclic) bond motifs is 1.